The van der Waals surface area contributed by atoms with Gasteiger partial charge in [0.25, 0.3) is 0 Å². The van der Waals surface area contributed by atoms with Gasteiger partial charge in [-0.15, -0.1) is 5.73 Å². The van der Waals surface area contributed by atoms with Gasteiger partial charge in [0.15, 0.2) is 16.8 Å². The van der Waals surface area contributed by atoms with E-state index in [4.69, 9.17) is 13.9 Å². The molecule has 2 aromatic carbocycles. The van der Waals surface area contributed by atoms with Crippen molar-refractivity contribution in [2.75, 3.05) is 14.2 Å². The lowest BCUT2D eigenvalue weighted by atomic mass is 9.95. The van der Waals surface area contributed by atoms with E-state index in [1.807, 2.05) is 32.0 Å². The second kappa shape index (κ2) is 8.85. The lowest BCUT2D eigenvalue weighted by Crippen LogP contribution is -2.08. The number of fused-ring (bicyclic) bond motifs is 1. The van der Waals surface area contributed by atoms with E-state index in [0.29, 0.717) is 44.9 Å². The van der Waals surface area contributed by atoms with E-state index in [0.717, 1.165) is 0 Å². The summed E-state index contributed by atoms with van der Waals surface area (Å²) in [4.78, 5) is 25.1. The van der Waals surface area contributed by atoms with E-state index in [-0.39, 0.29) is 23.6 Å². The molecule has 154 valence electrons. The first-order valence-electron chi connectivity index (χ1n) is 9.61. The van der Waals surface area contributed by atoms with E-state index < -0.39 is 0 Å². The lowest BCUT2D eigenvalue weighted by molar-refractivity contribution is -0.120. The standard InChI is InChI=1S/C25H24O5/c1-6-16(13-20(26)15(2)3)17-11-12-18-21(27)14-23(30-25(18)24(17)29-5)19-9-7-8-10-22(19)28-4/h7-12,14-15H,1,13H2,2-5H3. The smallest absolute Gasteiger partial charge is 0.193 e. The fourth-order valence-electron chi connectivity index (χ4n) is 3.25. The van der Waals surface area contributed by atoms with Crippen LogP contribution < -0.4 is 14.9 Å². The molecule has 0 bridgehead atoms. The number of hydrogen-bond acceptors (Lipinski definition) is 5. The van der Waals surface area contributed by atoms with Crippen LogP contribution in [0, 0.1) is 5.92 Å². The first-order valence-corrected chi connectivity index (χ1v) is 9.61. The number of carbonyl (C=O) groups is 1. The number of Topliss-reactive ketones (excluding diaryl/α,β-unsaturated/α-hetero) is 1. The number of benzene rings is 2. The average Bonchev–Trinajstić information content (AvgIpc) is 2.76. The van der Waals surface area contributed by atoms with Crippen molar-refractivity contribution in [3.63, 3.8) is 0 Å². The summed E-state index contributed by atoms with van der Waals surface area (Å²) in [6.07, 6.45) is 0.166. The Morgan fingerprint density at radius 1 is 1.13 bits per heavy atom. The molecule has 0 fully saturated rings. The molecule has 0 saturated heterocycles. The minimum atomic E-state index is -0.204. The second-order valence-electron chi connectivity index (χ2n) is 7.15. The maximum Gasteiger partial charge on any atom is 0.193 e. The normalized spacial score (nSPS) is 10.7. The largest absolute Gasteiger partial charge is 0.496 e. The highest BCUT2D eigenvalue weighted by Gasteiger charge is 2.20. The van der Waals surface area contributed by atoms with Gasteiger partial charge in [-0.25, -0.2) is 0 Å². The molecular weight excluding hydrogens is 380 g/mol. The highest BCUT2D eigenvalue weighted by atomic mass is 16.5. The molecule has 3 aromatic rings. The minimum absolute atomic E-state index is 0.0625. The Bertz CT molecular complexity index is 1210. The van der Waals surface area contributed by atoms with Gasteiger partial charge in [0, 0.05) is 29.5 Å². The Hall–Kier alpha value is -3.56. The van der Waals surface area contributed by atoms with Crippen molar-refractivity contribution in [1.29, 1.82) is 0 Å². The molecule has 0 N–H and O–H groups in total. The Labute approximate surface area is 175 Å². The fourth-order valence-corrected chi connectivity index (χ4v) is 3.25. The Morgan fingerprint density at radius 3 is 2.50 bits per heavy atom. The molecule has 0 saturated carbocycles. The van der Waals surface area contributed by atoms with Crippen LogP contribution >= 0.6 is 0 Å². The third-order valence-electron chi connectivity index (χ3n) is 4.96. The van der Waals surface area contributed by atoms with Crippen molar-refractivity contribution < 1.29 is 18.7 Å². The molecule has 0 aliphatic heterocycles. The van der Waals surface area contributed by atoms with Gasteiger partial charge in [0.05, 0.1) is 25.2 Å². The van der Waals surface area contributed by atoms with Gasteiger partial charge in [-0.3, -0.25) is 9.59 Å². The van der Waals surface area contributed by atoms with Crippen LogP contribution in [0.5, 0.6) is 11.5 Å². The predicted octanol–water partition coefficient (Wildman–Crippen LogP) is 5.26. The zero-order valence-electron chi connectivity index (χ0n) is 17.6. The summed E-state index contributed by atoms with van der Waals surface area (Å²) in [7, 11) is 3.06. The van der Waals surface area contributed by atoms with Gasteiger partial charge in [-0.2, -0.15) is 0 Å². The Morgan fingerprint density at radius 2 is 1.87 bits per heavy atom. The van der Waals surface area contributed by atoms with E-state index in [2.05, 4.69) is 12.3 Å². The third-order valence-corrected chi connectivity index (χ3v) is 4.96. The molecule has 0 aliphatic rings. The summed E-state index contributed by atoms with van der Waals surface area (Å²) in [5, 5.41) is 0.382. The van der Waals surface area contributed by atoms with Crippen molar-refractivity contribution in [2.24, 2.45) is 5.92 Å². The van der Waals surface area contributed by atoms with Gasteiger partial charge < -0.3 is 13.9 Å². The van der Waals surface area contributed by atoms with Crippen LogP contribution in [0.1, 0.15) is 25.8 Å². The molecular formula is C25H24O5. The molecule has 0 aliphatic carbocycles. The number of carbonyl (C=O) groups excluding carboxylic acids is 1. The van der Waals surface area contributed by atoms with Crippen LogP contribution in [0.25, 0.3) is 27.9 Å². The van der Waals surface area contributed by atoms with E-state index in [1.54, 1.807) is 25.3 Å². The van der Waals surface area contributed by atoms with Crippen LogP contribution in [-0.2, 0) is 4.79 Å². The molecule has 1 aromatic heterocycles. The van der Waals surface area contributed by atoms with Gasteiger partial charge in [-0.1, -0.05) is 32.6 Å². The quantitative estimate of drug-likeness (QED) is 0.503. The van der Waals surface area contributed by atoms with Crippen LogP contribution in [0.15, 0.2) is 64.0 Å². The van der Waals surface area contributed by atoms with Gasteiger partial charge in [-0.05, 0) is 24.3 Å². The van der Waals surface area contributed by atoms with E-state index >= 15 is 0 Å². The number of methoxy groups -OCH3 is 2. The summed E-state index contributed by atoms with van der Waals surface area (Å²) < 4.78 is 17.2. The molecule has 3 rings (SSSR count). The van der Waals surface area contributed by atoms with Crippen molar-refractivity contribution in [1.82, 2.24) is 0 Å². The highest BCUT2D eigenvalue weighted by molar-refractivity contribution is 5.96. The number of para-hydroxylation sites is 1. The summed E-state index contributed by atoms with van der Waals surface area (Å²) in [6, 6.07) is 12.1. The predicted molar refractivity (Wildman–Crippen MR) is 118 cm³/mol. The number of rotatable bonds is 7. The molecule has 0 radical (unpaired) electrons. The Balaban J connectivity index is 2.25. The molecule has 0 amide bonds. The van der Waals surface area contributed by atoms with Crippen molar-refractivity contribution in [2.45, 2.75) is 20.3 Å². The molecule has 5 heteroatoms. The maximum absolute atomic E-state index is 12.8. The summed E-state index contributed by atoms with van der Waals surface area (Å²) in [5.41, 5.74) is 4.81. The fraction of sp³-hybridized carbons (Fsp3) is 0.240. The zero-order valence-corrected chi connectivity index (χ0v) is 17.6. The van der Waals surface area contributed by atoms with Crippen molar-refractivity contribution in [3.8, 4) is 22.8 Å². The second-order valence-corrected chi connectivity index (χ2v) is 7.15. The number of ketones is 1. The summed E-state index contributed by atoms with van der Waals surface area (Å²) in [6.45, 7) is 7.42. The maximum atomic E-state index is 12.8. The Kier molecular flexibility index (Phi) is 6.24. The lowest BCUT2D eigenvalue weighted by Gasteiger charge is -2.14. The number of allylic oxidation sites excluding steroid dienone is 1. The van der Waals surface area contributed by atoms with Crippen LogP contribution in [0.3, 0.4) is 0 Å². The monoisotopic (exact) mass is 404 g/mol. The molecule has 1 heterocycles. The van der Waals surface area contributed by atoms with E-state index in [9.17, 15) is 9.59 Å². The zero-order chi connectivity index (χ0) is 21.8. The topological polar surface area (TPSA) is 65.7 Å². The number of hydrogen-bond donors (Lipinski definition) is 0. The van der Waals surface area contributed by atoms with Crippen LogP contribution in [-0.4, -0.2) is 20.0 Å². The van der Waals surface area contributed by atoms with E-state index in [1.165, 1.54) is 13.2 Å². The van der Waals surface area contributed by atoms with Crippen LogP contribution in [0.4, 0.5) is 0 Å². The summed E-state index contributed by atoms with van der Waals surface area (Å²) >= 11 is 0. The molecule has 0 spiro atoms. The van der Waals surface area contributed by atoms with Crippen molar-refractivity contribution in [3.05, 3.63) is 70.6 Å². The number of ether oxygens (including phenoxy) is 2. The SMILES string of the molecule is C=C=C(CC(=O)C(C)C)c1ccc2c(=O)cc(-c3ccccc3OC)oc2c1OC. The van der Waals surface area contributed by atoms with Gasteiger partial charge >= 0.3 is 0 Å². The van der Waals surface area contributed by atoms with Crippen LogP contribution in [0.2, 0.25) is 0 Å². The molecule has 0 atom stereocenters. The van der Waals surface area contributed by atoms with Gasteiger partial charge in [0.2, 0.25) is 0 Å². The highest BCUT2D eigenvalue weighted by Crippen LogP contribution is 2.37. The molecule has 5 nitrogen and oxygen atoms in total. The molecule has 0 unspecified atom stereocenters. The average molecular weight is 404 g/mol. The first-order chi connectivity index (χ1) is 14.4. The minimum Gasteiger partial charge on any atom is -0.496 e. The third kappa shape index (κ3) is 3.93. The van der Waals surface area contributed by atoms with Crippen molar-refractivity contribution >= 4 is 22.3 Å². The summed E-state index contributed by atoms with van der Waals surface area (Å²) in [5.74, 6) is 1.26. The first kappa shape index (κ1) is 21.2. The molecule has 30 heavy (non-hydrogen) atoms. The van der Waals surface area contributed by atoms with Gasteiger partial charge in [0.1, 0.15) is 17.3 Å².